The number of benzene rings is 1. The third kappa shape index (κ3) is 1.90. The number of allylic oxidation sites excluding steroid dienone is 2. The Kier molecular flexibility index (Phi) is 2.84. The molecule has 2 aromatic rings. The second-order valence-electron chi connectivity index (χ2n) is 4.48. The molecular formula is C14H15N2O2+. The molecular weight excluding hydrogens is 228 g/mol. The summed E-state index contributed by atoms with van der Waals surface area (Å²) in [5, 5.41) is 2.68. The minimum atomic E-state index is -0.299. The lowest BCUT2D eigenvalue weighted by Crippen LogP contribution is -2.38. The van der Waals surface area contributed by atoms with Gasteiger partial charge in [0.1, 0.15) is 0 Å². The second kappa shape index (κ2) is 4.64. The Hall–Kier alpha value is -2.10. The molecule has 0 saturated heterocycles. The van der Waals surface area contributed by atoms with E-state index in [2.05, 4.69) is 11.3 Å². The molecule has 1 N–H and O–H groups in total. The van der Waals surface area contributed by atoms with Crippen molar-refractivity contribution in [2.45, 2.75) is 25.7 Å². The zero-order chi connectivity index (χ0) is 12.4. The molecule has 4 heteroatoms. The summed E-state index contributed by atoms with van der Waals surface area (Å²) in [5.41, 5.74) is 2.32. The summed E-state index contributed by atoms with van der Waals surface area (Å²) in [6, 6.07) is 9.71. The number of hydrogen-bond donors (Lipinski definition) is 1. The van der Waals surface area contributed by atoms with E-state index in [9.17, 15) is 4.79 Å². The summed E-state index contributed by atoms with van der Waals surface area (Å²) in [5.74, 6) is 0. The Bertz CT molecular complexity index is 623. The number of nitrogens with zero attached hydrogens (tertiary/aromatic N) is 1. The Morgan fingerprint density at radius 1 is 1.17 bits per heavy atom. The molecule has 1 aromatic heterocycles. The second-order valence-corrected chi connectivity index (χ2v) is 4.48. The minimum absolute atomic E-state index is 0.299. The van der Waals surface area contributed by atoms with Gasteiger partial charge in [-0.3, -0.25) is 4.52 Å². The Morgan fingerprint density at radius 3 is 2.72 bits per heavy atom. The first-order chi connectivity index (χ1) is 8.86. The number of aromatic nitrogens is 2. The molecule has 0 unspecified atom stereocenters. The van der Waals surface area contributed by atoms with E-state index >= 15 is 0 Å². The highest BCUT2D eigenvalue weighted by Crippen LogP contribution is 2.23. The van der Waals surface area contributed by atoms with Crippen LogP contribution in [-0.4, -0.2) is 5.27 Å². The smallest absolute Gasteiger partial charge is 0.282 e. The first-order valence-corrected chi connectivity index (χ1v) is 6.24. The largest absolute Gasteiger partial charge is 0.435 e. The third-order valence-corrected chi connectivity index (χ3v) is 3.26. The predicted octanol–water partition coefficient (Wildman–Crippen LogP) is 2.20. The average molecular weight is 243 g/mol. The van der Waals surface area contributed by atoms with Gasteiger partial charge in [0.2, 0.25) is 5.69 Å². The van der Waals surface area contributed by atoms with Crippen LogP contribution in [0, 0.1) is 0 Å². The minimum Gasteiger partial charge on any atom is -0.282 e. The van der Waals surface area contributed by atoms with Crippen LogP contribution < -0.4 is 10.3 Å². The molecule has 0 fully saturated rings. The first-order valence-electron chi connectivity index (χ1n) is 6.24. The van der Waals surface area contributed by atoms with Crippen LogP contribution in [0.2, 0.25) is 0 Å². The summed E-state index contributed by atoms with van der Waals surface area (Å²) in [7, 11) is 0. The van der Waals surface area contributed by atoms with Crippen molar-refractivity contribution in [3.8, 4) is 5.69 Å². The molecule has 0 aliphatic heterocycles. The van der Waals surface area contributed by atoms with E-state index in [4.69, 9.17) is 4.52 Å². The summed E-state index contributed by atoms with van der Waals surface area (Å²) >= 11 is 0. The number of nitrogens with one attached hydrogen (secondary N) is 1. The van der Waals surface area contributed by atoms with E-state index in [1.54, 1.807) is 4.68 Å². The first kappa shape index (κ1) is 11.0. The van der Waals surface area contributed by atoms with E-state index in [-0.39, 0.29) is 5.63 Å². The van der Waals surface area contributed by atoms with Gasteiger partial charge < -0.3 is 0 Å². The van der Waals surface area contributed by atoms with E-state index in [1.165, 1.54) is 6.42 Å². The van der Waals surface area contributed by atoms with Crippen LogP contribution in [-0.2, 0) is 0 Å². The van der Waals surface area contributed by atoms with Crippen molar-refractivity contribution in [3.05, 3.63) is 52.5 Å². The van der Waals surface area contributed by atoms with Gasteiger partial charge in [-0.2, -0.15) is 0 Å². The van der Waals surface area contributed by atoms with Gasteiger partial charge in [-0.05, 0) is 35.6 Å². The van der Waals surface area contributed by atoms with Gasteiger partial charge in [-0.25, -0.2) is 4.79 Å². The third-order valence-electron chi connectivity index (χ3n) is 3.26. The molecule has 1 heterocycles. The molecule has 1 aliphatic rings. The monoisotopic (exact) mass is 243 g/mol. The topological polar surface area (TPSA) is 49.9 Å². The van der Waals surface area contributed by atoms with Gasteiger partial charge in [0.25, 0.3) is 0 Å². The van der Waals surface area contributed by atoms with Crippen LogP contribution in [0.5, 0.6) is 0 Å². The zero-order valence-electron chi connectivity index (χ0n) is 10.1. The lowest BCUT2D eigenvalue weighted by molar-refractivity contribution is -0.672. The molecule has 18 heavy (non-hydrogen) atoms. The van der Waals surface area contributed by atoms with Gasteiger partial charge in [0.15, 0.2) is 0 Å². The van der Waals surface area contributed by atoms with Gasteiger partial charge in [-0.15, -0.1) is 0 Å². The van der Waals surface area contributed by atoms with Crippen LogP contribution in [0.1, 0.15) is 31.4 Å². The number of aromatic amines is 1. The Morgan fingerprint density at radius 2 is 2.00 bits per heavy atom. The van der Waals surface area contributed by atoms with Crippen LogP contribution in [0.4, 0.5) is 0 Å². The molecule has 92 valence electrons. The van der Waals surface area contributed by atoms with Crippen molar-refractivity contribution < 1.29 is 9.20 Å². The maximum Gasteiger partial charge on any atom is 0.435 e. The maximum absolute atomic E-state index is 11.9. The van der Waals surface area contributed by atoms with E-state index in [0.717, 1.165) is 30.5 Å². The summed E-state index contributed by atoms with van der Waals surface area (Å²) < 4.78 is 6.67. The quantitative estimate of drug-likeness (QED) is 0.822. The van der Waals surface area contributed by atoms with Gasteiger partial charge >= 0.3 is 11.3 Å². The summed E-state index contributed by atoms with van der Waals surface area (Å²) in [6.07, 6.45) is 6.45. The molecule has 1 aliphatic carbocycles. The molecule has 4 nitrogen and oxygen atoms in total. The fraction of sp³-hybridized carbons (Fsp3) is 0.286. The molecule has 1 aromatic carbocycles. The average Bonchev–Trinajstić information content (AvgIpc) is 2.83. The fourth-order valence-electron chi connectivity index (χ4n) is 2.36. The van der Waals surface area contributed by atoms with Crippen LogP contribution in [0.15, 0.2) is 45.7 Å². The Labute approximate surface area is 105 Å². The van der Waals surface area contributed by atoms with Crippen molar-refractivity contribution >= 4 is 5.57 Å². The number of para-hydroxylation sites is 1. The standard InChI is InChI=1S/C14H14N2O2/c17-14-13(11-7-3-1-4-8-11)16(15-18-14)12-9-5-2-6-10-12/h2,5-7,9-10H,1,3-4,8H2/p+1. The highest BCUT2D eigenvalue weighted by Gasteiger charge is 2.27. The maximum atomic E-state index is 11.9. The SMILES string of the molecule is O=c1o[nH][n+](-c2ccccc2)c1C1=CCCCC1. The highest BCUT2D eigenvalue weighted by atomic mass is 16.5. The summed E-state index contributed by atoms with van der Waals surface area (Å²) in [4.78, 5) is 11.9. The van der Waals surface area contributed by atoms with Crippen molar-refractivity contribution in [1.29, 1.82) is 0 Å². The van der Waals surface area contributed by atoms with Gasteiger partial charge in [0, 0.05) is 17.7 Å². The lowest BCUT2D eigenvalue weighted by Gasteiger charge is -2.07. The molecule has 3 rings (SSSR count). The highest BCUT2D eigenvalue weighted by molar-refractivity contribution is 5.60. The normalized spacial score (nSPS) is 15.4. The summed E-state index contributed by atoms with van der Waals surface area (Å²) in [6.45, 7) is 0. The van der Waals surface area contributed by atoms with Crippen LogP contribution in [0.3, 0.4) is 0 Å². The van der Waals surface area contributed by atoms with Crippen molar-refractivity contribution in [1.82, 2.24) is 5.27 Å². The van der Waals surface area contributed by atoms with Crippen molar-refractivity contribution in [2.24, 2.45) is 0 Å². The van der Waals surface area contributed by atoms with Crippen LogP contribution in [0.25, 0.3) is 11.3 Å². The van der Waals surface area contributed by atoms with E-state index in [0.29, 0.717) is 5.69 Å². The molecule has 0 atom stereocenters. The fourth-order valence-corrected chi connectivity index (χ4v) is 2.36. The molecule has 0 amide bonds. The predicted molar refractivity (Wildman–Crippen MR) is 67.3 cm³/mol. The van der Waals surface area contributed by atoms with E-state index < -0.39 is 0 Å². The number of H-pyrrole nitrogens is 1. The van der Waals surface area contributed by atoms with Gasteiger partial charge in [-0.1, -0.05) is 24.3 Å². The number of hydrogen-bond acceptors (Lipinski definition) is 2. The lowest BCUT2D eigenvalue weighted by atomic mass is 9.97. The van der Waals surface area contributed by atoms with Gasteiger partial charge in [0.05, 0.1) is 0 Å². The molecule has 0 bridgehead atoms. The molecule has 0 spiro atoms. The molecule has 0 radical (unpaired) electrons. The molecule has 0 saturated carbocycles. The van der Waals surface area contributed by atoms with Crippen molar-refractivity contribution in [3.63, 3.8) is 0 Å². The van der Waals surface area contributed by atoms with E-state index in [1.807, 2.05) is 30.3 Å². The van der Waals surface area contributed by atoms with Crippen molar-refractivity contribution in [2.75, 3.05) is 0 Å². The number of rotatable bonds is 2. The zero-order valence-corrected chi connectivity index (χ0v) is 10.1. The Balaban J connectivity index is 2.12. The van der Waals surface area contributed by atoms with Crippen LogP contribution >= 0.6 is 0 Å².